The number of ether oxygens (including phenoxy) is 2. The number of hydrogen-bond acceptors (Lipinski definition) is 5. The number of nitrogens with zero attached hydrogens (tertiary/aromatic N) is 1. The summed E-state index contributed by atoms with van der Waals surface area (Å²) in [6.45, 7) is 2.39. The molecule has 1 aliphatic rings. The zero-order valence-electron chi connectivity index (χ0n) is 16.1. The Labute approximate surface area is 164 Å². The third kappa shape index (κ3) is 3.51. The van der Waals surface area contributed by atoms with Crippen LogP contribution in [0.15, 0.2) is 54.1 Å². The van der Waals surface area contributed by atoms with Gasteiger partial charge in [-0.3, -0.25) is 9.59 Å². The Morgan fingerprint density at radius 1 is 1.11 bits per heavy atom. The van der Waals surface area contributed by atoms with Gasteiger partial charge in [0.05, 0.1) is 25.3 Å². The summed E-state index contributed by atoms with van der Waals surface area (Å²) in [6, 6.07) is 13.7. The Morgan fingerprint density at radius 3 is 2.43 bits per heavy atom. The molecule has 2 aromatic carbocycles. The van der Waals surface area contributed by atoms with Crippen molar-refractivity contribution in [3.63, 3.8) is 0 Å². The van der Waals surface area contributed by atoms with Crippen molar-refractivity contribution >= 4 is 17.4 Å². The lowest BCUT2D eigenvalue weighted by Crippen LogP contribution is -2.32. The second-order valence-corrected chi connectivity index (χ2v) is 6.58. The molecule has 1 saturated heterocycles. The average Bonchev–Trinajstić information content (AvgIpc) is 2.97. The summed E-state index contributed by atoms with van der Waals surface area (Å²) in [5.74, 6) is -0.858. The number of carbonyl (C=O) groups is 2. The van der Waals surface area contributed by atoms with Gasteiger partial charge in [-0.25, -0.2) is 0 Å². The van der Waals surface area contributed by atoms with Gasteiger partial charge in [-0.05, 0) is 36.2 Å². The number of ketones is 1. The van der Waals surface area contributed by atoms with Crippen LogP contribution in [0.25, 0.3) is 5.76 Å². The lowest BCUT2D eigenvalue weighted by molar-refractivity contribution is -0.140. The van der Waals surface area contributed by atoms with Crippen LogP contribution >= 0.6 is 0 Å². The highest BCUT2D eigenvalue weighted by Gasteiger charge is 2.45. The quantitative estimate of drug-likeness (QED) is 0.473. The number of methoxy groups -OCH3 is 2. The first-order valence-electron chi connectivity index (χ1n) is 8.97. The highest BCUT2D eigenvalue weighted by atomic mass is 16.5. The van der Waals surface area contributed by atoms with Crippen LogP contribution in [-0.4, -0.2) is 49.1 Å². The number of Topliss-reactive ketones (excluding diaryl/α,β-unsaturated/α-hetero) is 1. The lowest BCUT2D eigenvalue weighted by atomic mass is 9.95. The molecule has 0 aliphatic carbocycles. The largest absolute Gasteiger partial charge is 0.507 e. The predicted octanol–water partition coefficient (Wildman–Crippen LogP) is 3.07. The maximum atomic E-state index is 12.8. The van der Waals surface area contributed by atoms with E-state index in [4.69, 9.17) is 9.47 Å². The molecule has 1 amide bonds. The van der Waals surface area contributed by atoms with E-state index < -0.39 is 17.7 Å². The summed E-state index contributed by atoms with van der Waals surface area (Å²) >= 11 is 0. The van der Waals surface area contributed by atoms with Crippen LogP contribution in [0.5, 0.6) is 5.75 Å². The number of amides is 1. The number of likely N-dealkylation sites (tertiary alicyclic amines) is 1. The summed E-state index contributed by atoms with van der Waals surface area (Å²) in [5, 5.41) is 11.0. The van der Waals surface area contributed by atoms with E-state index in [0.717, 1.165) is 11.1 Å². The van der Waals surface area contributed by atoms with Gasteiger partial charge in [-0.15, -0.1) is 0 Å². The van der Waals surface area contributed by atoms with Gasteiger partial charge >= 0.3 is 0 Å². The van der Waals surface area contributed by atoms with Crippen molar-refractivity contribution < 1.29 is 24.2 Å². The fourth-order valence-electron chi connectivity index (χ4n) is 3.46. The minimum absolute atomic E-state index is 0.0804. The van der Waals surface area contributed by atoms with Crippen molar-refractivity contribution in [2.75, 3.05) is 27.4 Å². The predicted molar refractivity (Wildman–Crippen MR) is 105 cm³/mol. The first-order valence-corrected chi connectivity index (χ1v) is 8.97. The first kappa shape index (κ1) is 19.6. The van der Waals surface area contributed by atoms with Crippen molar-refractivity contribution in [1.82, 2.24) is 4.90 Å². The molecule has 1 unspecified atom stereocenters. The van der Waals surface area contributed by atoms with E-state index in [9.17, 15) is 14.7 Å². The number of aliphatic hydroxyl groups excluding tert-OH is 1. The normalized spacial score (nSPS) is 18.5. The topological polar surface area (TPSA) is 76.1 Å². The van der Waals surface area contributed by atoms with Crippen LogP contribution in [0, 0.1) is 6.92 Å². The molecular formula is C22H23NO5. The molecule has 0 saturated carbocycles. The van der Waals surface area contributed by atoms with Gasteiger partial charge in [0.2, 0.25) is 0 Å². The minimum Gasteiger partial charge on any atom is -0.507 e. The molecular weight excluding hydrogens is 358 g/mol. The van der Waals surface area contributed by atoms with E-state index >= 15 is 0 Å². The number of carbonyl (C=O) groups excluding carboxylic acids is 2. The van der Waals surface area contributed by atoms with Crippen molar-refractivity contribution in [2.24, 2.45) is 0 Å². The van der Waals surface area contributed by atoms with E-state index in [2.05, 4.69) is 0 Å². The van der Waals surface area contributed by atoms with Crippen molar-refractivity contribution in [3.8, 4) is 5.75 Å². The van der Waals surface area contributed by atoms with E-state index in [-0.39, 0.29) is 24.5 Å². The van der Waals surface area contributed by atoms with Gasteiger partial charge in [0.1, 0.15) is 11.5 Å². The molecule has 28 heavy (non-hydrogen) atoms. The third-order valence-corrected chi connectivity index (χ3v) is 4.86. The summed E-state index contributed by atoms with van der Waals surface area (Å²) in [6.07, 6.45) is 0. The molecule has 1 N–H and O–H groups in total. The van der Waals surface area contributed by atoms with E-state index in [1.54, 1.807) is 25.3 Å². The SMILES string of the molecule is COCCN1C(=O)C(=O)/C(=C(\O)c2ccc(OC)c(C)c2)C1c1ccccc1. The Morgan fingerprint density at radius 2 is 1.82 bits per heavy atom. The molecule has 1 aliphatic heterocycles. The molecule has 1 fully saturated rings. The number of benzene rings is 2. The van der Waals surface area contributed by atoms with Crippen LogP contribution in [0.3, 0.4) is 0 Å². The fourth-order valence-corrected chi connectivity index (χ4v) is 3.46. The zero-order chi connectivity index (χ0) is 20.3. The zero-order valence-corrected chi connectivity index (χ0v) is 16.1. The van der Waals surface area contributed by atoms with Gasteiger partial charge in [0, 0.05) is 19.2 Å². The van der Waals surface area contributed by atoms with E-state index in [1.807, 2.05) is 37.3 Å². The van der Waals surface area contributed by atoms with E-state index in [1.165, 1.54) is 12.0 Å². The maximum absolute atomic E-state index is 12.8. The first-order chi connectivity index (χ1) is 13.5. The number of aryl methyl sites for hydroxylation is 1. The van der Waals surface area contributed by atoms with Crippen LogP contribution in [0.1, 0.15) is 22.7 Å². The molecule has 0 aromatic heterocycles. The Bertz CT molecular complexity index is 920. The van der Waals surface area contributed by atoms with Gasteiger partial charge in [-0.2, -0.15) is 0 Å². The molecule has 0 spiro atoms. The van der Waals surface area contributed by atoms with Gasteiger partial charge < -0.3 is 19.5 Å². The Balaban J connectivity index is 2.15. The standard InChI is InChI=1S/C22H23NO5/c1-14-13-16(9-10-17(14)28-3)20(24)18-19(15-7-5-4-6-8-15)23(11-12-27-2)22(26)21(18)25/h4-10,13,19,24H,11-12H2,1-3H3/b20-18-. The second-order valence-electron chi connectivity index (χ2n) is 6.58. The number of rotatable bonds is 6. The monoisotopic (exact) mass is 381 g/mol. The molecule has 3 rings (SSSR count). The molecule has 0 bridgehead atoms. The highest BCUT2D eigenvalue weighted by Crippen LogP contribution is 2.39. The van der Waals surface area contributed by atoms with Crippen molar-refractivity contribution in [2.45, 2.75) is 13.0 Å². The summed E-state index contributed by atoms with van der Waals surface area (Å²) < 4.78 is 10.3. The van der Waals surface area contributed by atoms with E-state index in [0.29, 0.717) is 11.3 Å². The summed E-state index contributed by atoms with van der Waals surface area (Å²) in [7, 11) is 3.10. The lowest BCUT2D eigenvalue weighted by Gasteiger charge is -2.25. The summed E-state index contributed by atoms with van der Waals surface area (Å²) in [5.41, 5.74) is 2.11. The average molecular weight is 381 g/mol. The highest BCUT2D eigenvalue weighted by molar-refractivity contribution is 6.46. The second kappa shape index (κ2) is 8.27. The van der Waals surface area contributed by atoms with Gasteiger partial charge in [-0.1, -0.05) is 30.3 Å². The number of hydrogen-bond donors (Lipinski definition) is 1. The molecule has 2 aromatic rings. The van der Waals surface area contributed by atoms with Crippen LogP contribution in [0.4, 0.5) is 0 Å². The third-order valence-electron chi connectivity index (χ3n) is 4.86. The minimum atomic E-state index is -0.698. The van der Waals surface area contributed by atoms with Crippen LogP contribution in [-0.2, 0) is 14.3 Å². The Kier molecular flexibility index (Phi) is 5.80. The fraction of sp³-hybridized carbons (Fsp3) is 0.273. The molecule has 6 heteroatoms. The maximum Gasteiger partial charge on any atom is 0.295 e. The van der Waals surface area contributed by atoms with Gasteiger partial charge in [0.15, 0.2) is 0 Å². The van der Waals surface area contributed by atoms with Gasteiger partial charge in [0.25, 0.3) is 11.7 Å². The molecule has 6 nitrogen and oxygen atoms in total. The molecule has 1 atom stereocenters. The molecule has 146 valence electrons. The van der Waals surface area contributed by atoms with Crippen LogP contribution in [0.2, 0.25) is 0 Å². The number of aliphatic hydroxyl groups is 1. The molecule has 0 radical (unpaired) electrons. The summed E-state index contributed by atoms with van der Waals surface area (Å²) in [4.78, 5) is 26.9. The van der Waals surface area contributed by atoms with Crippen molar-refractivity contribution in [1.29, 1.82) is 0 Å². The van der Waals surface area contributed by atoms with Crippen LogP contribution < -0.4 is 4.74 Å². The van der Waals surface area contributed by atoms with Crippen molar-refractivity contribution in [3.05, 3.63) is 70.8 Å². The Hall–Kier alpha value is -3.12. The molecule has 1 heterocycles. The smallest absolute Gasteiger partial charge is 0.295 e.